The molecule has 2 saturated carbocycles. The van der Waals surface area contributed by atoms with Crippen molar-refractivity contribution >= 4 is 34.1 Å². The molecular formula is C29H33N5O5. The first kappa shape index (κ1) is 26.4. The first-order chi connectivity index (χ1) is 18.9. The maximum atomic E-state index is 13.4. The standard InChI is InChI=1S/C29H33N5O5/c1-30-28(36)21-14-18(17-8-2-3-9-17)15-25(34(38)39)27(21)32-23-12-6-7-13-24(23)33-29(37)20-16-26(35)31-22-11-5-4-10-19(20)22/h4-5,10-11,14-17,23-24,32H,2-3,6-9,12-13H2,1H3,(H,30,36)(H,31,35)(H,33,37)/t23-,24+/m1/s1. The Kier molecular flexibility index (Phi) is 7.63. The van der Waals surface area contributed by atoms with E-state index in [1.165, 1.54) is 13.1 Å². The molecule has 4 N–H and O–H groups in total. The topological polar surface area (TPSA) is 146 Å². The summed E-state index contributed by atoms with van der Waals surface area (Å²) >= 11 is 0. The van der Waals surface area contributed by atoms with Crippen molar-refractivity contribution in [1.82, 2.24) is 15.6 Å². The number of nitro benzene ring substituents is 1. The summed E-state index contributed by atoms with van der Waals surface area (Å²) < 4.78 is 0. The van der Waals surface area contributed by atoms with Crippen molar-refractivity contribution in [2.75, 3.05) is 12.4 Å². The zero-order valence-electron chi connectivity index (χ0n) is 21.9. The van der Waals surface area contributed by atoms with E-state index in [-0.39, 0.29) is 52.0 Å². The highest BCUT2D eigenvalue weighted by atomic mass is 16.6. The number of nitrogens with one attached hydrogen (secondary N) is 4. The van der Waals surface area contributed by atoms with E-state index in [1.807, 2.05) is 0 Å². The zero-order chi connectivity index (χ0) is 27.5. The summed E-state index contributed by atoms with van der Waals surface area (Å²) in [5, 5.41) is 21.9. The lowest BCUT2D eigenvalue weighted by atomic mass is 9.88. The lowest BCUT2D eigenvalue weighted by Gasteiger charge is -2.34. The molecule has 2 fully saturated rings. The van der Waals surface area contributed by atoms with Crippen LogP contribution in [0, 0.1) is 10.1 Å². The molecule has 0 aliphatic heterocycles. The van der Waals surface area contributed by atoms with E-state index in [0.717, 1.165) is 44.1 Å². The second kappa shape index (κ2) is 11.3. The van der Waals surface area contributed by atoms with Gasteiger partial charge in [-0.05, 0) is 49.3 Å². The molecule has 2 atom stereocenters. The van der Waals surface area contributed by atoms with Gasteiger partial charge in [0.2, 0.25) is 5.56 Å². The molecule has 0 radical (unpaired) electrons. The van der Waals surface area contributed by atoms with Crippen molar-refractivity contribution in [2.45, 2.75) is 69.4 Å². The van der Waals surface area contributed by atoms with E-state index >= 15 is 0 Å². The van der Waals surface area contributed by atoms with Gasteiger partial charge < -0.3 is 20.9 Å². The summed E-state index contributed by atoms with van der Waals surface area (Å²) in [6.45, 7) is 0. The van der Waals surface area contributed by atoms with Gasteiger partial charge in [0.15, 0.2) is 0 Å². The largest absolute Gasteiger partial charge is 0.374 e. The molecular weight excluding hydrogens is 498 g/mol. The number of fused-ring (bicyclic) bond motifs is 1. The van der Waals surface area contributed by atoms with Crippen LogP contribution in [0.1, 0.15) is 83.6 Å². The van der Waals surface area contributed by atoms with E-state index in [1.54, 1.807) is 36.4 Å². The Bertz CT molecular complexity index is 1480. The minimum atomic E-state index is -0.438. The van der Waals surface area contributed by atoms with E-state index in [0.29, 0.717) is 23.7 Å². The molecule has 5 rings (SSSR count). The number of aromatic nitrogens is 1. The van der Waals surface area contributed by atoms with Crippen LogP contribution in [-0.2, 0) is 0 Å². The molecule has 39 heavy (non-hydrogen) atoms. The number of nitrogens with zero attached hydrogens (tertiary/aromatic N) is 1. The van der Waals surface area contributed by atoms with Crippen LogP contribution in [0.25, 0.3) is 10.9 Å². The number of aromatic amines is 1. The SMILES string of the molecule is CNC(=O)c1cc(C2CCCC2)cc([N+](=O)[O-])c1N[C@@H]1CCCC[C@@H]1NC(=O)c1cc(=O)[nH]c2ccccc12. The molecule has 3 aromatic rings. The van der Waals surface area contributed by atoms with Gasteiger partial charge in [-0.15, -0.1) is 0 Å². The Morgan fingerprint density at radius 2 is 1.62 bits per heavy atom. The van der Waals surface area contributed by atoms with Crippen LogP contribution >= 0.6 is 0 Å². The quantitative estimate of drug-likeness (QED) is 0.259. The van der Waals surface area contributed by atoms with Gasteiger partial charge >= 0.3 is 0 Å². The maximum absolute atomic E-state index is 13.4. The highest BCUT2D eigenvalue weighted by Crippen LogP contribution is 2.40. The highest BCUT2D eigenvalue weighted by Gasteiger charge is 2.33. The van der Waals surface area contributed by atoms with Crippen LogP contribution in [0.2, 0.25) is 0 Å². The highest BCUT2D eigenvalue weighted by molar-refractivity contribution is 6.06. The molecule has 1 aromatic heterocycles. The second-order valence-corrected chi connectivity index (χ2v) is 10.5. The Labute approximate surface area is 225 Å². The number of H-pyrrole nitrogens is 1. The summed E-state index contributed by atoms with van der Waals surface area (Å²) in [4.78, 5) is 53.1. The molecule has 2 aliphatic rings. The van der Waals surface area contributed by atoms with Crippen LogP contribution in [-0.4, -0.2) is 40.9 Å². The van der Waals surface area contributed by atoms with Crippen molar-refractivity contribution in [3.63, 3.8) is 0 Å². The second-order valence-electron chi connectivity index (χ2n) is 10.5. The molecule has 0 spiro atoms. The average Bonchev–Trinajstić information content (AvgIpc) is 3.48. The van der Waals surface area contributed by atoms with E-state index < -0.39 is 10.8 Å². The minimum Gasteiger partial charge on any atom is -0.374 e. The molecule has 0 unspecified atom stereocenters. The maximum Gasteiger partial charge on any atom is 0.293 e. The van der Waals surface area contributed by atoms with E-state index in [9.17, 15) is 24.5 Å². The zero-order valence-corrected chi connectivity index (χ0v) is 21.9. The van der Waals surface area contributed by atoms with Crippen molar-refractivity contribution in [3.8, 4) is 0 Å². The lowest BCUT2D eigenvalue weighted by molar-refractivity contribution is -0.384. The number of nitro groups is 1. The molecule has 2 aliphatic carbocycles. The summed E-state index contributed by atoms with van der Waals surface area (Å²) in [5.74, 6) is -0.577. The van der Waals surface area contributed by atoms with E-state index in [2.05, 4.69) is 20.9 Å². The van der Waals surface area contributed by atoms with Gasteiger partial charge in [-0.3, -0.25) is 24.5 Å². The van der Waals surface area contributed by atoms with Crippen molar-refractivity contribution in [3.05, 3.63) is 79.6 Å². The third kappa shape index (κ3) is 5.50. The van der Waals surface area contributed by atoms with Crippen LogP contribution in [0.4, 0.5) is 11.4 Å². The average molecular weight is 532 g/mol. The number of hydrogen-bond donors (Lipinski definition) is 4. The molecule has 1 heterocycles. The molecule has 204 valence electrons. The Balaban J connectivity index is 1.47. The van der Waals surface area contributed by atoms with Gasteiger partial charge in [0.25, 0.3) is 17.5 Å². The van der Waals surface area contributed by atoms with Crippen LogP contribution in [0.5, 0.6) is 0 Å². The summed E-state index contributed by atoms with van der Waals surface area (Å²) in [5.41, 5.74) is 1.58. The molecule has 2 amide bonds. The van der Waals surface area contributed by atoms with Gasteiger partial charge in [0.1, 0.15) is 5.69 Å². The number of hydrogen-bond acceptors (Lipinski definition) is 6. The molecule has 0 saturated heterocycles. The summed E-state index contributed by atoms with van der Waals surface area (Å²) in [6, 6.07) is 11.1. The number of para-hydroxylation sites is 1. The third-order valence-electron chi connectivity index (χ3n) is 8.04. The predicted molar refractivity (Wildman–Crippen MR) is 149 cm³/mol. The van der Waals surface area contributed by atoms with Gasteiger partial charge in [-0.25, -0.2) is 0 Å². The first-order valence-corrected chi connectivity index (χ1v) is 13.6. The number of amides is 2. The molecule has 0 bridgehead atoms. The van der Waals surface area contributed by atoms with Gasteiger partial charge in [0, 0.05) is 42.2 Å². The predicted octanol–water partition coefficient (Wildman–Crippen LogP) is 4.61. The fourth-order valence-corrected chi connectivity index (χ4v) is 6.05. The number of carbonyl (C=O) groups excluding carboxylic acids is 2. The van der Waals surface area contributed by atoms with Gasteiger partial charge in [-0.2, -0.15) is 0 Å². The van der Waals surface area contributed by atoms with Crippen molar-refractivity contribution in [1.29, 1.82) is 0 Å². The first-order valence-electron chi connectivity index (χ1n) is 13.6. The van der Waals surface area contributed by atoms with Crippen molar-refractivity contribution in [2.24, 2.45) is 0 Å². The Hall–Kier alpha value is -4.21. The van der Waals surface area contributed by atoms with Gasteiger partial charge in [-0.1, -0.05) is 43.9 Å². The molecule has 10 heteroatoms. The van der Waals surface area contributed by atoms with Crippen LogP contribution in [0.15, 0.2) is 47.3 Å². The number of carbonyl (C=O) groups is 2. The minimum absolute atomic E-state index is 0.130. The smallest absolute Gasteiger partial charge is 0.293 e. The molecule has 10 nitrogen and oxygen atoms in total. The normalized spacial score (nSPS) is 19.5. The molecule has 2 aromatic carbocycles. The lowest BCUT2D eigenvalue weighted by Crippen LogP contribution is -2.49. The third-order valence-corrected chi connectivity index (χ3v) is 8.04. The van der Waals surface area contributed by atoms with E-state index in [4.69, 9.17) is 0 Å². The van der Waals surface area contributed by atoms with Crippen molar-refractivity contribution < 1.29 is 14.5 Å². The Morgan fingerprint density at radius 1 is 0.923 bits per heavy atom. The number of pyridine rings is 1. The fourth-order valence-electron chi connectivity index (χ4n) is 6.05. The van der Waals surface area contributed by atoms with Gasteiger partial charge in [0.05, 0.1) is 16.1 Å². The van der Waals surface area contributed by atoms with Crippen LogP contribution < -0.4 is 21.5 Å². The number of anilines is 1. The van der Waals surface area contributed by atoms with Crippen LogP contribution in [0.3, 0.4) is 0 Å². The Morgan fingerprint density at radius 3 is 2.33 bits per heavy atom. The number of rotatable bonds is 7. The summed E-state index contributed by atoms with van der Waals surface area (Å²) in [6.07, 6.45) is 7.12. The fraction of sp³-hybridized carbons (Fsp3) is 0.414. The summed E-state index contributed by atoms with van der Waals surface area (Å²) in [7, 11) is 1.51. The monoisotopic (exact) mass is 531 g/mol. The number of benzene rings is 2.